The van der Waals surface area contributed by atoms with Crippen LogP contribution in [0, 0.1) is 0 Å². The van der Waals surface area contributed by atoms with Gasteiger partial charge in [-0.05, 0) is 43.2 Å². The lowest BCUT2D eigenvalue weighted by Gasteiger charge is -2.26. The molecule has 1 aliphatic carbocycles. The maximum atomic E-state index is 11.6. The van der Waals surface area contributed by atoms with Crippen LogP contribution in [0.5, 0.6) is 0 Å². The Morgan fingerprint density at radius 2 is 2.33 bits per heavy atom. The zero-order valence-corrected chi connectivity index (χ0v) is 11.0. The van der Waals surface area contributed by atoms with Gasteiger partial charge in [-0.2, -0.15) is 0 Å². The van der Waals surface area contributed by atoms with Crippen molar-refractivity contribution in [2.24, 2.45) is 5.73 Å². The fourth-order valence-electron chi connectivity index (χ4n) is 2.27. The second kappa shape index (κ2) is 5.49. The van der Waals surface area contributed by atoms with E-state index in [2.05, 4.69) is 22.1 Å². The van der Waals surface area contributed by atoms with Gasteiger partial charge in [0.15, 0.2) is 0 Å². The number of carbonyl (C=O) groups excluding carboxylic acids is 2. The number of imide groups is 1. The Hall–Kier alpha value is -1.40. The zero-order chi connectivity index (χ0) is 13.1. The third-order valence-electron chi connectivity index (χ3n) is 3.14. The number of rotatable bonds is 3. The molecule has 0 saturated carbocycles. The Labute approximate surface area is 110 Å². The van der Waals surface area contributed by atoms with Gasteiger partial charge in [-0.1, -0.05) is 0 Å². The third kappa shape index (κ3) is 2.88. The van der Waals surface area contributed by atoms with E-state index in [1.807, 2.05) is 0 Å². The van der Waals surface area contributed by atoms with E-state index < -0.39 is 12.1 Å². The van der Waals surface area contributed by atoms with E-state index in [4.69, 9.17) is 5.73 Å². The van der Waals surface area contributed by atoms with Gasteiger partial charge >= 0.3 is 6.03 Å². The molecule has 0 spiro atoms. The second-order valence-electron chi connectivity index (χ2n) is 4.49. The van der Waals surface area contributed by atoms with Crippen molar-refractivity contribution in [1.29, 1.82) is 0 Å². The van der Waals surface area contributed by atoms with Crippen LogP contribution in [-0.4, -0.2) is 18.0 Å². The van der Waals surface area contributed by atoms with Crippen LogP contribution in [0.4, 0.5) is 4.79 Å². The summed E-state index contributed by atoms with van der Waals surface area (Å²) in [5.74, 6) is -0.384. The molecule has 1 aromatic rings. The number of amides is 3. The summed E-state index contributed by atoms with van der Waals surface area (Å²) in [6, 6.07) is 1.05. The van der Waals surface area contributed by atoms with Gasteiger partial charge in [0.2, 0.25) is 5.91 Å². The second-order valence-corrected chi connectivity index (χ2v) is 5.49. The van der Waals surface area contributed by atoms with Gasteiger partial charge in [0.05, 0.1) is 6.04 Å². The lowest BCUT2D eigenvalue weighted by molar-refractivity contribution is -0.121. The molecule has 0 aromatic carbocycles. The molecule has 4 N–H and O–H groups in total. The Kier molecular flexibility index (Phi) is 3.98. The third-order valence-corrected chi connectivity index (χ3v) is 4.14. The number of nitrogens with two attached hydrogens (primary N) is 1. The highest BCUT2D eigenvalue weighted by atomic mass is 32.1. The van der Waals surface area contributed by atoms with E-state index in [9.17, 15) is 9.59 Å². The van der Waals surface area contributed by atoms with E-state index in [-0.39, 0.29) is 11.9 Å². The van der Waals surface area contributed by atoms with Crippen LogP contribution >= 0.6 is 11.3 Å². The first-order chi connectivity index (χ1) is 8.58. The fraction of sp³-hybridized carbons (Fsp3) is 0.500. The van der Waals surface area contributed by atoms with Gasteiger partial charge in [-0.15, -0.1) is 11.3 Å². The van der Waals surface area contributed by atoms with Gasteiger partial charge in [-0.3, -0.25) is 15.4 Å². The average molecular weight is 267 g/mol. The van der Waals surface area contributed by atoms with E-state index in [0.29, 0.717) is 0 Å². The van der Waals surface area contributed by atoms with Crippen LogP contribution in [0.25, 0.3) is 0 Å². The van der Waals surface area contributed by atoms with Crippen molar-refractivity contribution in [3.63, 3.8) is 0 Å². The molecule has 18 heavy (non-hydrogen) atoms. The summed E-state index contributed by atoms with van der Waals surface area (Å²) >= 11 is 1.76. The smallest absolute Gasteiger partial charge is 0.318 e. The normalized spacial score (nSPS) is 19.9. The van der Waals surface area contributed by atoms with E-state index in [0.717, 1.165) is 19.3 Å². The maximum Gasteiger partial charge on any atom is 0.318 e. The first kappa shape index (κ1) is 13.0. The van der Waals surface area contributed by atoms with Crippen molar-refractivity contribution < 1.29 is 9.59 Å². The number of hydrogen-bond acceptors (Lipinski definition) is 4. The maximum absolute atomic E-state index is 11.6. The summed E-state index contributed by atoms with van der Waals surface area (Å²) in [6.07, 6.45) is 3.25. The number of nitrogens with one attached hydrogen (secondary N) is 2. The molecular weight excluding hydrogens is 250 g/mol. The Morgan fingerprint density at radius 1 is 1.56 bits per heavy atom. The first-order valence-corrected chi connectivity index (χ1v) is 6.88. The number of urea groups is 1. The summed E-state index contributed by atoms with van der Waals surface area (Å²) in [7, 11) is 0. The quantitative estimate of drug-likeness (QED) is 0.771. The van der Waals surface area contributed by atoms with Crippen molar-refractivity contribution in [2.75, 3.05) is 0 Å². The Balaban J connectivity index is 1.99. The molecule has 98 valence electrons. The van der Waals surface area contributed by atoms with Crippen molar-refractivity contribution in [2.45, 2.75) is 38.3 Å². The van der Waals surface area contributed by atoms with Crippen LogP contribution in [0.15, 0.2) is 11.4 Å². The molecule has 0 radical (unpaired) electrons. The number of fused-ring (bicyclic) bond motifs is 1. The molecular formula is C12H17N3O2S. The number of hydrogen-bond donors (Lipinski definition) is 3. The summed E-state index contributed by atoms with van der Waals surface area (Å²) in [5, 5.41) is 7.43. The van der Waals surface area contributed by atoms with Gasteiger partial charge in [0, 0.05) is 10.9 Å². The minimum absolute atomic E-state index is 0.189. The molecule has 1 aliphatic rings. The minimum atomic E-state index is -0.812. The average Bonchev–Trinajstić information content (AvgIpc) is 2.77. The predicted octanol–water partition coefficient (Wildman–Crippen LogP) is 1.30. The van der Waals surface area contributed by atoms with Crippen LogP contribution < -0.4 is 16.4 Å². The van der Waals surface area contributed by atoms with Crippen LogP contribution in [0.1, 0.15) is 36.2 Å². The standard InChI is InChI=1S/C12H17N3O2S/c1-7(11(16)15-12(13)17)14-9-3-2-4-10-8(9)5-6-18-10/h5-7,9,14H,2-4H2,1H3,(H3,13,15,16,17). The highest BCUT2D eigenvalue weighted by molar-refractivity contribution is 7.10. The Morgan fingerprint density at radius 3 is 3.06 bits per heavy atom. The SMILES string of the molecule is CC(NC1CCCc2sccc21)C(=O)NC(N)=O. The van der Waals surface area contributed by atoms with Gasteiger partial charge < -0.3 is 5.73 Å². The Bertz CT molecular complexity index is 458. The molecule has 2 unspecified atom stereocenters. The minimum Gasteiger partial charge on any atom is -0.351 e. The first-order valence-electron chi connectivity index (χ1n) is 6.00. The summed E-state index contributed by atoms with van der Waals surface area (Å²) in [4.78, 5) is 23.6. The van der Waals surface area contributed by atoms with E-state index in [1.165, 1.54) is 10.4 Å². The molecule has 6 heteroatoms. The number of aryl methyl sites for hydroxylation is 1. The van der Waals surface area contributed by atoms with Crippen LogP contribution in [-0.2, 0) is 11.2 Å². The summed E-state index contributed by atoms with van der Waals surface area (Å²) < 4.78 is 0. The molecule has 2 atom stereocenters. The van der Waals surface area contributed by atoms with Crippen molar-refractivity contribution >= 4 is 23.3 Å². The van der Waals surface area contributed by atoms with Crippen molar-refractivity contribution in [1.82, 2.24) is 10.6 Å². The predicted molar refractivity (Wildman–Crippen MR) is 70.3 cm³/mol. The monoisotopic (exact) mass is 267 g/mol. The van der Waals surface area contributed by atoms with E-state index in [1.54, 1.807) is 18.3 Å². The summed E-state index contributed by atoms with van der Waals surface area (Å²) in [6.45, 7) is 1.74. The highest BCUT2D eigenvalue weighted by Crippen LogP contribution is 2.33. The fourth-order valence-corrected chi connectivity index (χ4v) is 3.25. The lowest BCUT2D eigenvalue weighted by atomic mass is 9.93. The molecule has 1 heterocycles. The molecule has 2 rings (SSSR count). The van der Waals surface area contributed by atoms with Crippen LogP contribution in [0.2, 0.25) is 0 Å². The molecule has 0 saturated heterocycles. The lowest BCUT2D eigenvalue weighted by Crippen LogP contribution is -2.47. The molecule has 0 fully saturated rings. The number of carbonyl (C=O) groups is 2. The number of thiophene rings is 1. The van der Waals surface area contributed by atoms with Gasteiger partial charge in [0.25, 0.3) is 0 Å². The molecule has 3 amide bonds. The molecule has 1 aromatic heterocycles. The number of primary amides is 1. The van der Waals surface area contributed by atoms with E-state index >= 15 is 0 Å². The summed E-state index contributed by atoms with van der Waals surface area (Å²) in [5.41, 5.74) is 6.21. The van der Waals surface area contributed by atoms with Crippen molar-refractivity contribution in [3.8, 4) is 0 Å². The largest absolute Gasteiger partial charge is 0.351 e. The highest BCUT2D eigenvalue weighted by Gasteiger charge is 2.24. The topological polar surface area (TPSA) is 84.2 Å². The van der Waals surface area contributed by atoms with Gasteiger partial charge in [-0.25, -0.2) is 4.79 Å². The van der Waals surface area contributed by atoms with Crippen molar-refractivity contribution in [3.05, 3.63) is 21.9 Å². The molecule has 0 bridgehead atoms. The molecule has 5 nitrogen and oxygen atoms in total. The van der Waals surface area contributed by atoms with Gasteiger partial charge in [0.1, 0.15) is 0 Å². The molecule has 0 aliphatic heterocycles. The zero-order valence-electron chi connectivity index (χ0n) is 10.2. The van der Waals surface area contributed by atoms with Crippen LogP contribution in [0.3, 0.4) is 0 Å².